The number of hydrogen-bond acceptors (Lipinski definition) is 2. The summed E-state index contributed by atoms with van der Waals surface area (Å²) >= 11 is 5.82. The van der Waals surface area contributed by atoms with E-state index in [-0.39, 0.29) is 12.5 Å². The number of anilines is 1. The molecule has 4 nitrogen and oxygen atoms in total. The van der Waals surface area contributed by atoms with Gasteiger partial charge < -0.3 is 9.47 Å². The normalized spacial score (nSPS) is 10.2. The van der Waals surface area contributed by atoms with E-state index >= 15 is 0 Å². The zero-order chi connectivity index (χ0) is 12.3. The van der Waals surface area contributed by atoms with Gasteiger partial charge >= 0.3 is 0 Å². The maximum atomic E-state index is 12.0. The van der Waals surface area contributed by atoms with Crippen molar-refractivity contribution in [2.75, 3.05) is 11.9 Å². The lowest BCUT2D eigenvalue weighted by molar-refractivity contribution is -0.118. The summed E-state index contributed by atoms with van der Waals surface area (Å²) in [5, 5.41) is 0.319. The van der Waals surface area contributed by atoms with Crippen molar-refractivity contribution >= 4 is 23.2 Å². The zero-order valence-corrected chi connectivity index (χ0v) is 10.1. The minimum absolute atomic E-state index is 0.0453. The number of imidazole rings is 1. The Hall–Kier alpha value is -1.81. The topological polar surface area (TPSA) is 38.1 Å². The second-order valence-corrected chi connectivity index (χ2v) is 3.95. The van der Waals surface area contributed by atoms with Crippen LogP contribution in [-0.2, 0) is 11.3 Å². The highest BCUT2D eigenvalue weighted by atomic mass is 35.5. The Kier molecular flexibility index (Phi) is 3.44. The van der Waals surface area contributed by atoms with Crippen molar-refractivity contribution in [2.45, 2.75) is 6.54 Å². The number of nitrogens with zero attached hydrogens (tertiary/aromatic N) is 3. The van der Waals surface area contributed by atoms with Crippen molar-refractivity contribution in [2.24, 2.45) is 0 Å². The molecule has 0 aliphatic rings. The third-order valence-electron chi connectivity index (χ3n) is 2.49. The van der Waals surface area contributed by atoms with Crippen LogP contribution in [0.2, 0.25) is 5.28 Å². The van der Waals surface area contributed by atoms with Gasteiger partial charge in [0, 0.05) is 25.1 Å². The SMILES string of the molecule is CN(C(=O)Cn1ccnc1Cl)c1ccccc1. The summed E-state index contributed by atoms with van der Waals surface area (Å²) in [5.74, 6) is -0.0453. The number of amides is 1. The summed E-state index contributed by atoms with van der Waals surface area (Å²) in [6.45, 7) is 0.185. The van der Waals surface area contributed by atoms with E-state index in [1.807, 2.05) is 30.3 Å². The molecule has 0 N–H and O–H groups in total. The van der Waals surface area contributed by atoms with Crippen molar-refractivity contribution in [1.82, 2.24) is 9.55 Å². The summed E-state index contributed by atoms with van der Waals surface area (Å²) in [7, 11) is 1.74. The Labute approximate surface area is 104 Å². The van der Waals surface area contributed by atoms with Crippen molar-refractivity contribution < 1.29 is 4.79 Å². The van der Waals surface area contributed by atoms with E-state index in [2.05, 4.69) is 4.98 Å². The molecule has 0 aliphatic heterocycles. The quantitative estimate of drug-likeness (QED) is 0.837. The van der Waals surface area contributed by atoms with Crippen molar-refractivity contribution in [3.05, 3.63) is 48.0 Å². The number of carbonyl (C=O) groups is 1. The van der Waals surface area contributed by atoms with Crippen LogP contribution in [0, 0.1) is 0 Å². The molecule has 5 heteroatoms. The second-order valence-electron chi connectivity index (χ2n) is 3.61. The highest BCUT2D eigenvalue weighted by Crippen LogP contribution is 2.12. The van der Waals surface area contributed by atoms with Crippen molar-refractivity contribution in [1.29, 1.82) is 0 Å². The highest BCUT2D eigenvalue weighted by Gasteiger charge is 2.12. The number of halogens is 1. The minimum atomic E-state index is -0.0453. The second kappa shape index (κ2) is 5.01. The third kappa shape index (κ3) is 2.65. The molecule has 17 heavy (non-hydrogen) atoms. The van der Waals surface area contributed by atoms with Gasteiger partial charge in [-0.05, 0) is 23.7 Å². The van der Waals surface area contributed by atoms with E-state index in [0.29, 0.717) is 5.28 Å². The van der Waals surface area contributed by atoms with Crippen LogP contribution in [-0.4, -0.2) is 22.5 Å². The smallest absolute Gasteiger partial charge is 0.246 e. The largest absolute Gasteiger partial charge is 0.314 e. The Morgan fingerprint density at radius 3 is 2.71 bits per heavy atom. The summed E-state index contributed by atoms with van der Waals surface area (Å²) in [6, 6.07) is 9.46. The maximum Gasteiger partial charge on any atom is 0.246 e. The average Bonchev–Trinajstić information content (AvgIpc) is 2.75. The molecule has 2 rings (SSSR count). The van der Waals surface area contributed by atoms with Gasteiger partial charge in [-0.25, -0.2) is 4.98 Å². The highest BCUT2D eigenvalue weighted by molar-refractivity contribution is 6.28. The maximum absolute atomic E-state index is 12.0. The number of rotatable bonds is 3. The summed E-state index contributed by atoms with van der Waals surface area (Å²) in [6.07, 6.45) is 3.25. The summed E-state index contributed by atoms with van der Waals surface area (Å²) < 4.78 is 1.60. The molecular weight excluding hydrogens is 238 g/mol. The molecule has 0 saturated heterocycles. The van der Waals surface area contributed by atoms with Gasteiger partial charge in [-0.1, -0.05) is 18.2 Å². The van der Waals surface area contributed by atoms with Crippen LogP contribution in [0.25, 0.3) is 0 Å². The van der Waals surface area contributed by atoms with E-state index in [1.54, 1.807) is 28.9 Å². The first-order chi connectivity index (χ1) is 8.18. The van der Waals surface area contributed by atoms with Crippen LogP contribution in [0.5, 0.6) is 0 Å². The molecule has 0 radical (unpaired) electrons. The first-order valence-corrected chi connectivity index (χ1v) is 5.54. The predicted molar refractivity (Wildman–Crippen MR) is 67.1 cm³/mol. The molecule has 88 valence electrons. The molecule has 0 unspecified atom stereocenters. The number of hydrogen-bond donors (Lipinski definition) is 0. The van der Waals surface area contributed by atoms with Crippen LogP contribution >= 0.6 is 11.6 Å². The lowest BCUT2D eigenvalue weighted by Gasteiger charge is -2.17. The standard InChI is InChI=1S/C12H12ClN3O/c1-15(10-5-3-2-4-6-10)11(17)9-16-8-7-14-12(16)13/h2-8H,9H2,1H3. The fourth-order valence-electron chi connectivity index (χ4n) is 1.48. The molecule has 1 aromatic heterocycles. The number of para-hydroxylation sites is 1. The van der Waals surface area contributed by atoms with Crippen LogP contribution in [0.15, 0.2) is 42.7 Å². The summed E-state index contributed by atoms with van der Waals surface area (Å²) in [5.41, 5.74) is 0.855. The molecule has 0 aliphatic carbocycles. The fraction of sp³-hybridized carbons (Fsp3) is 0.167. The van der Waals surface area contributed by atoms with E-state index in [9.17, 15) is 4.79 Å². The lowest BCUT2D eigenvalue weighted by atomic mass is 10.3. The molecule has 1 amide bonds. The minimum Gasteiger partial charge on any atom is -0.314 e. The Bertz CT molecular complexity index is 509. The number of aromatic nitrogens is 2. The average molecular weight is 250 g/mol. The molecule has 0 atom stereocenters. The summed E-state index contributed by atoms with van der Waals surface area (Å²) in [4.78, 5) is 17.4. The van der Waals surface area contributed by atoms with Gasteiger partial charge in [0.25, 0.3) is 0 Å². The van der Waals surface area contributed by atoms with Gasteiger partial charge in [0.05, 0.1) is 0 Å². The molecule has 1 heterocycles. The first-order valence-electron chi connectivity index (χ1n) is 5.16. The van der Waals surface area contributed by atoms with E-state index < -0.39 is 0 Å². The molecule has 1 aromatic carbocycles. The van der Waals surface area contributed by atoms with E-state index in [0.717, 1.165) is 5.69 Å². The van der Waals surface area contributed by atoms with Gasteiger partial charge in [0.15, 0.2) is 0 Å². The Morgan fingerprint density at radius 1 is 1.41 bits per heavy atom. The monoisotopic (exact) mass is 249 g/mol. The molecular formula is C12H12ClN3O. The van der Waals surface area contributed by atoms with Gasteiger partial charge in [0.2, 0.25) is 11.2 Å². The zero-order valence-electron chi connectivity index (χ0n) is 9.38. The number of likely N-dealkylation sites (N-methyl/N-ethyl adjacent to an activating group) is 1. The van der Waals surface area contributed by atoms with Crippen LogP contribution in [0.3, 0.4) is 0 Å². The molecule has 2 aromatic rings. The number of benzene rings is 1. The van der Waals surface area contributed by atoms with Crippen molar-refractivity contribution in [3.8, 4) is 0 Å². The molecule has 0 spiro atoms. The van der Waals surface area contributed by atoms with E-state index in [4.69, 9.17) is 11.6 Å². The lowest BCUT2D eigenvalue weighted by Crippen LogP contribution is -2.29. The predicted octanol–water partition coefficient (Wildman–Crippen LogP) is 2.20. The molecule has 0 fully saturated rings. The van der Waals surface area contributed by atoms with Crippen LogP contribution < -0.4 is 4.90 Å². The Morgan fingerprint density at radius 2 is 2.12 bits per heavy atom. The Balaban J connectivity index is 2.09. The van der Waals surface area contributed by atoms with Gasteiger partial charge in [-0.15, -0.1) is 0 Å². The fourth-order valence-corrected chi connectivity index (χ4v) is 1.65. The van der Waals surface area contributed by atoms with Gasteiger partial charge in [0.1, 0.15) is 6.54 Å². The van der Waals surface area contributed by atoms with Gasteiger partial charge in [-0.2, -0.15) is 0 Å². The molecule has 0 saturated carbocycles. The third-order valence-corrected chi connectivity index (χ3v) is 2.80. The number of carbonyl (C=O) groups excluding carboxylic acids is 1. The van der Waals surface area contributed by atoms with E-state index in [1.165, 1.54) is 0 Å². The van der Waals surface area contributed by atoms with Crippen LogP contribution in [0.1, 0.15) is 0 Å². The van der Waals surface area contributed by atoms with Gasteiger partial charge in [-0.3, -0.25) is 4.79 Å². The van der Waals surface area contributed by atoms with Crippen LogP contribution in [0.4, 0.5) is 5.69 Å². The first kappa shape index (κ1) is 11.7. The molecule has 0 bridgehead atoms. The van der Waals surface area contributed by atoms with Crippen molar-refractivity contribution in [3.63, 3.8) is 0 Å².